The highest BCUT2D eigenvalue weighted by Crippen LogP contribution is 2.26. The van der Waals surface area contributed by atoms with E-state index in [2.05, 4.69) is 10.3 Å². The topological polar surface area (TPSA) is 51.2 Å². The fourth-order valence-corrected chi connectivity index (χ4v) is 1.90. The van der Waals surface area contributed by atoms with Crippen LogP contribution in [0.15, 0.2) is 36.5 Å². The van der Waals surface area contributed by atoms with Crippen LogP contribution in [-0.4, -0.2) is 17.9 Å². The van der Waals surface area contributed by atoms with Crippen molar-refractivity contribution in [2.24, 2.45) is 0 Å². The van der Waals surface area contributed by atoms with Crippen LogP contribution in [0.4, 0.5) is 0 Å². The molecule has 1 aromatic heterocycles. The molecule has 0 aliphatic carbocycles. The molecular formula is C14H13ClN2O2. The maximum Gasteiger partial charge on any atom is 0.269 e. The molecule has 98 valence electrons. The summed E-state index contributed by atoms with van der Waals surface area (Å²) in [5.74, 6) is 0.905. The molecule has 1 N–H and O–H groups in total. The fourth-order valence-electron chi connectivity index (χ4n) is 1.62. The maximum atomic E-state index is 11.5. The molecule has 1 amide bonds. The van der Waals surface area contributed by atoms with Crippen molar-refractivity contribution in [3.63, 3.8) is 0 Å². The third-order valence-electron chi connectivity index (χ3n) is 2.44. The first-order chi connectivity index (χ1) is 9.08. The van der Waals surface area contributed by atoms with E-state index in [1.165, 1.54) is 6.20 Å². The molecule has 1 aromatic carbocycles. The molecule has 4 nitrogen and oxygen atoms in total. The lowest BCUT2D eigenvalue weighted by molar-refractivity contribution is 0.0958. The van der Waals surface area contributed by atoms with Crippen molar-refractivity contribution in [3.8, 4) is 11.5 Å². The van der Waals surface area contributed by atoms with Crippen molar-refractivity contribution in [2.75, 3.05) is 7.05 Å². The lowest BCUT2D eigenvalue weighted by Crippen LogP contribution is -2.18. The Morgan fingerprint density at radius 1 is 1.26 bits per heavy atom. The zero-order chi connectivity index (χ0) is 13.8. The van der Waals surface area contributed by atoms with E-state index in [-0.39, 0.29) is 5.91 Å². The van der Waals surface area contributed by atoms with Gasteiger partial charge in [-0.15, -0.1) is 0 Å². The molecule has 0 atom stereocenters. The van der Waals surface area contributed by atoms with Gasteiger partial charge in [-0.1, -0.05) is 11.6 Å². The molecule has 0 aliphatic heterocycles. The van der Waals surface area contributed by atoms with E-state index in [9.17, 15) is 4.79 Å². The summed E-state index contributed by atoms with van der Waals surface area (Å²) < 4.78 is 5.67. The lowest BCUT2D eigenvalue weighted by atomic mass is 10.2. The van der Waals surface area contributed by atoms with E-state index in [0.29, 0.717) is 22.2 Å². The first-order valence-electron chi connectivity index (χ1n) is 5.71. The van der Waals surface area contributed by atoms with E-state index in [1.54, 1.807) is 25.2 Å². The number of rotatable bonds is 3. The van der Waals surface area contributed by atoms with Crippen molar-refractivity contribution in [1.29, 1.82) is 0 Å². The molecule has 0 radical (unpaired) electrons. The molecular weight excluding hydrogens is 264 g/mol. The van der Waals surface area contributed by atoms with Crippen LogP contribution in [0.3, 0.4) is 0 Å². The molecule has 0 bridgehead atoms. The molecule has 0 unspecified atom stereocenters. The molecule has 2 aromatic rings. The van der Waals surface area contributed by atoms with Crippen LogP contribution in [0.25, 0.3) is 0 Å². The average Bonchev–Trinajstić information content (AvgIpc) is 2.37. The van der Waals surface area contributed by atoms with Gasteiger partial charge in [0.05, 0.1) is 0 Å². The van der Waals surface area contributed by atoms with Gasteiger partial charge in [0.2, 0.25) is 0 Å². The van der Waals surface area contributed by atoms with Crippen molar-refractivity contribution < 1.29 is 9.53 Å². The lowest BCUT2D eigenvalue weighted by Gasteiger charge is -2.08. The SMILES string of the molecule is CNC(=O)c1cc(Oc2cc(C)cc(Cl)c2)ccn1. The predicted octanol–water partition coefficient (Wildman–Crippen LogP) is 3.20. The number of halogens is 1. The third kappa shape index (κ3) is 3.45. The number of aryl methyl sites for hydroxylation is 1. The largest absolute Gasteiger partial charge is 0.457 e. The molecule has 0 fully saturated rings. The van der Waals surface area contributed by atoms with Crippen LogP contribution in [0.2, 0.25) is 5.02 Å². The second-order valence-corrected chi connectivity index (χ2v) is 4.46. The third-order valence-corrected chi connectivity index (χ3v) is 2.66. The number of carbonyl (C=O) groups excluding carboxylic acids is 1. The Kier molecular flexibility index (Phi) is 4.02. The molecule has 0 saturated heterocycles. The van der Waals surface area contributed by atoms with Crippen LogP contribution < -0.4 is 10.1 Å². The summed E-state index contributed by atoms with van der Waals surface area (Å²) in [4.78, 5) is 15.4. The predicted molar refractivity (Wildman–Crippen MR) is 73.9 cm³/mol. The van der Waals surface area contributed by atoms with Gasteiger partial charge in [0.25, 0.3) is 5.91 Å². The van der Waals surface area contributed by atoms with Crippen LogP contribution in [0.5, 0.6) is 11.5 Å². The number of amides is 1. The van der Waals surface area contributed by atoms with Crippen LogP contribution >= 0.6 is 11.6 Å². The summed E-state index contributed by atoms with van der Waals surface area (Å²) in [6.07, 6.45) is 1.53. The number of aromatic nitrogens is 1. The highest BCUT2D eigenvalue weighted by molar-refractivity contribution is 6.30. The normalized spacial score (nSPS) is 10.1. The van der Waals surface area contributed by atoms with Gasteiger partial charge in [0.1, 0.15) is 17.2 Å². The van der Waals surface area contributed by atoms with Gasteiger partial charge >= 0.3 is 0 Å². The summed E-state index contributed by atoms with van der Waals surface area (Å²) in [6, 6.07) is 8.69. The maximum absolute atomic E-state index is 11.5. The molecule has 2 rings (SSSR count). The average molecular weight is 277 g/mol. The Morgan fingerprint density at radius 3 is 2.74 bits per heavy atom. The minimum atomic E-state index is -0.257. The van der Waals surface area contributed by atoms with Crippen LogP contribution in [-0.2, 0) is 0 Å². The Balaban J connectivity index is 2.25. The highest BCUT2D eigenvalue weighted by Gasteiger charge is 2.07. The minimum Gasteiger partial charge on any atom is -0.457 e. The highest BCUT2D eigenvalue weighted by atomic mass is 35.5. The monoisotopic (exact) mass is 276 g/mol. The van der Waals surface area contributed by atoms with Crippen LogP contribution in [0.1, 0.15) is 16.1 Å². The standard InChI is InChI=1S/C14H13ClN2O2/c1-9-5-10(15)7-12(6-9)19-11-3-4-17-13(8-11)14(18)16-2/h3-8H,1-2H3,(H,16,18). The van der Waals surface area contributed by atoms with E-state index in [0.717, 1.165) is 5.56 Å². The van der Waals surface area contributed by atoms with Crippen molar-refractivity contribution in [3.05, 3.63) is 52.8 Å². The summed E-state index contributed by atoms with van der Waals surface area (Å²) in [6.45, 7) is 1.93. The number of ether oxygens (including phenoxy) is 1. The molecule has 1 heterocycles. The number of benzene rings is 1. The minimum absolute atomic E-state index is 0.257. The number of pyridine rings is 1. The van der Waals surface area contributed by atoms with Gasteiger partial charge in [0.15, 0.2) is 0 Å². The van der Waals surface area contributed by atoms with E-state index in [4.69, 9.17) is 16.3 Å². The molecule has 0 saturated carbocycles. The van der Waals surface area contributed by atoms with Crippen molar-refractivity contribution in [1.82, 2.24) is 10.3 Å². The Hall–Kier alpha value is -2.07. The Labute approximate surface area is 116 Å². The summed E-state index contributed by atoms with van der Waals surface area (Å²) in [5.41, 5.74) is 1.31. The number of hydrogen-bond acceptors (Lipinski definition) is 3. The van der Waals surface area contributed by atoms with E-state index >= 15 is 0 Å². The molecule has 0 spiro atoms. The van der Waals surface area contributed by atoms with Gasteiger partial charge in [-0.05, 0) is 36.8 Å². The van der Waals surface area contributed by atoms with Gasteiger partial charge in [-0.2, -0.15) is 0 Å². The quantitative estimate of drug-likeness (QED) is 0.937. The molecule has 5 heteroatoms. The summed E-state index contributed by atoms with van der Waals surface area (Å²) in [7, 11) is 1.55. The van der Waals surface area contributed by atoms with Gasteiger partial charge in [-0.3, -0.25) is 9.78 Å². The zero-order valence-electron chi connectivity index (χ0n) is 10.6. The summed E-state index contributed by atoms with van der Waals surface area (Å²) >= 11 is 5.96. The Bertz CT molecular complexity index is 594. The van der Waals surface area contributed by atoms with E-state index in [1.807, 2.05) is 19.1 Å². The summed E-state index contributed by atoms with van der Waals surface area (Å²) in [5, 5.41) is 3.12. The van der Waals surface area contributed by atoms with Gasteiger partial charge < -0.3 is 10.1 Å². The smallest absolute Gasteiger partial charge is 0.269 e. The number of nitrogens with zero attached hydrogens (tertiary/aromatic N) is 1. The zero-order valence-corrected chi connectivity index (χ0v) is 11.4. The first-order valence-corrected chi connectivity index (χ1v) is 6.09. The Morgan fingerprint density at radius 2 is 2.05 bits per heavy atom. The second kappa shape index (κ2) is 5.71. The van der Waals surface area contributed by atoms with E-state index < -0.39 is 0 Å². The van der Waals surface area contributed by atoms with Crippen molar-refractivity contribution in [2.45, 2.75) is 6.92 Å². The first kappa shape index (κ1) is 13.4. The van der Waals surface area contributed by atoms with Crippen LogP contribution in [0, 0.1) is 6.92 Å². The van der Waals surface area contributed by atoms with Crippen molar-refractivity contribution >= 4 is 17.5 Å². The molecule has 19 heavy (non-hydrogen) atoms. The fraction of sp³-hybridized carbons (Fsp3) is 0.143. The number of nitrogens with one attached hydrogen (secondary N) is 1. The number of carbonyl (C=O) groups is 1. The second-order valence-electron chi connectivity index (χ2n) is 4.02. The number of hydrogen-bond donors (Lipinski definition) is 1. The molecule has 0 aliphatic rings. The van der Waals surface area contributed by atoms with Gasteiger partial charge in [-0.25, -0.2) is 0 Å². The van der Waals surface area contributed by atoms with Gasteiger partial charge in [0, 0.05) is 24.3 Å².